The van der Waals surface area contributed by atoms with E-state index < -0.39 is 0 Å². The van der Waals surface area contributed by atoms with Gasteiger partial charge in [0.15, 0.2) is 0 Å². The van der Waals surface area contributed by atoms with Crippen LogP contribution in [0.5, 0.6) is 0 Å². The fourth-order valence-electron chi connectivity index (χ4n) is 3.27. The Kier molecular flexibility index (Phi) is 6.00. The average molecular weight is 377 g/mol. The fraction of sp³-hybridized carbons (Fsp3) is 0.350. The zero-order valence-corrected chi connectivity index (χ0v) is 15.8. The highest BCUT2D eigenvalue weighted by Gasteiger charge is 2.26. The van der Waals surface area contributed by atoms with Crippen LogP contribution in [0.2, 0.25) is 10.0 Å². The SMILES string of the molecule is Cc1cccc(NC(=O)[C@@H]2CCCN(Cc3ccc(Cl)cc3Cl)C2)c1. The van der Waals surface area contributed by atoms with E-state index in [4.69, 9.17) is 23.2 Å². The summed E-state index contributed by atoms with van der Waals surface area (Å²) in [6.45, 7) is 4.49. The summed E-state index contributed by atoms with van der Waals surface area (Å²) in [5.74, 6) is 0.0952. The lowest BCUT2D eigenvalue weighted by atomic mass is 9.96. The molecule has 1 N–H and O–H groups in total. The molecule has 0 aliphatic carbocycles. The van der Waals surface area contributed by atoms with Crippen LogP contribution < -0.4 is 5.32 Å². The molecule has 2 aromatic carbocycles. The molecular weight excluding hydrogens is 355 g/mol. The Hall–Kier alpha value is -1.55. The van der Waals surface area contributed by atoms with Gasteiger partial charge in [-0.15, -0.1) is 0 Å². The van der Waals surface area contributed by atoms with E-state index in [-0.39, 0.29) is 11.8 Å². The van der Waals surface area contributed by atoms with Crippen LogP contribution in [0.15, 0.2) is 42.5 Å². The van der Waals surface area contributed by atoms with Gasteiger partial charge in [0.05, 0.1) is 5.92 Å². The van der Waals surface area contributed by atoms with Crippen molar-refractivity contribution in [2.75, 3.05) is 18.4 Å². The summed E-state index contributed by atoms with van der Waals surface area (Å²) in [5, 5.41) is 4.37. The van der Waals surface area contributed by atoms with Gasteiger partial charge >= 0.3 is 0 Å². The topological polar surface area (TPSA) is 32.3 Å². The largest absolute Gasteiger partial charge is 0.326 e. The van der Waals surface area contributed by atoms with Gasteiger partial charge in [0.25, 0.3) is 0 Å². The van der Waals surface area contributed by atoms with Crippen LogP contribution in [0.1, 0.15) is 24.0 Å². The summed E-state index contributed by atoms with van der Waals surface area (Å²) in [4.78, 5) is 14.9. The molecule has 0 saturated carbocycles. The molecule has 2 aromatic rings. The van der Waals surface area contributed by atoms with Crippen LogP contribution in [-0.2, 0) is 11.3 Å². The van der Waals surface area contributed by atoms with E-state index in [0.29, 0.717) is 10.0 Å². The normalized spacial score (nSPS) is 18.1. The van der Waals surface area contributed by atoms with Gasteiger partial charge in [-0.3, -0.25) is 9.69 Å². The standard InChI is InChI=1S/C20H22Cl2N2O/c1-14-4-2-6-18(10-14)23-20(25)16-5-3-9-24(13-16)12-15-7-8-17(21)11-19(15)22/h2,4,6-8,10-11,16H,3,5,9,12-13H2,1H3,(H,23,25)/t16-/m1/s1. The number of anilines is 1. The van der Waals surface area contributed by atoms with Crippen LogP contribution in [0.4, 0.5) is 5.69 Å². The third-order valence-corrected chi connectivity index (χ3v) is 5.16. The van der Waals surface area contributed by atoms with Crippen LogP contribution in [0, 0.1) is 12.8 Å². The Bertz CT molecular complexity index is 763. The maximum Gasteiger partial charge on any atom is 0.228 e. The van der Waals surface area contributed by atoms with E-state index in [1.807, 2.05) is 43.3 Å². The zero-order chi connectivity index (χ0) is 17.8. The minimum Gasteiger partial charge on any atom is -0.326 e. The molecular formula is C20H22Cl2N2O. The number of carbonyl (C=O) groups is 1. The number of nitrogens with one attached hydrogen (secondary N) is 1. The van der Waals surface area contributed by atoms with Crippen molar-refractivity contribution >= 4 is 34.8 Å². The number of piperidine rings is 1. The summed E-state index contributed by atoms with van der Waals surface area (Å²) in [7, 11) is 0. The van der Waals surface area contributed by atoms with Crippen molar-refractivity contribution in [1.29, 1.82) is 0 Å². The Morgan fingerprint density at radius 2 is 2.08 bits per heavy atom. The van der Waals surface area contributed by atoms with Gasteiger partial charge in [-0.05, 0) is 61.7 Å². The van der Waals surface area contributed by atoms with E-state index in [2.05, 4.69) is 10.2 Å². The molecule has 3 rings (SSSR count). The molecule has 25 heavy (non-hydrogen) atoms. The first-order chi connectivity index (χ1) is 12.0. The summed E-state index contributed by atoms with van der Waals surface area (Å²) in [6, 6.07) is 13.5. The molecule has 5 heteroatoms. The molecule has 1 atom stereocenters. The first-order valence-corrected chi connectivity index (χ1v) is 9.30. The highest BCUT2D eigenvalue weighted by atomic mass is 35.5. The molecule has 0 unspecified atom stereocenters. The number of hydrogen-bond acceptors (Lipinski definition) is 2. The van der Waals surface area contributed by atoms with E-state index >= 15 is 0 Å². The number of aryl methyl sites for hydroxylation is 1. The smallest absolute Gasteiger partial charge is 0.228 e. The number of amides is 1. The van der Waals surface area contributed by atoms with Gasteiger partial charge in [0.2, 0.25) is 5.91 Å². The van der Waals surface area contributed by atoms with Crippen molar-refractivity contribution in [2.24, 2.45) is 5.92 Å². The van der Waals surface area contributed by atoms with Crippen molar-refractivity contribution in [3.63, 3.8) is 0 Å². The van der Waals surface area contributed by atoms with Crippen LogP contribution >= 0.6 is 23.2 Å². The number of halogens is 2. The maximum atomic E-state index is 12.6. The molecule has 0 radical (unpaired) electrons. The summed E-state index contributed by atoms with van der Waals surface area (Å²) < 4.78 is 0. The summed E-state index contributed by atoms with van der Waals surface area (Å²) in [6.07, 6.45) is 1.93. The first kappa shape index (κ1) is 18.2. The average Bonchev–Trinajstić information content (AvgIpc) is 2.58. The van der Waals surface area contributed by atoms with E-state index in [0.717, 1.165) is 49.3 Å². The molecule has 1 saturated heterocycles. The molecule has 1 aliphatic rings. The third kappa shape index (κ3) is 4.97. The van der Waals surface area contributed by atoms with Crippen molar-refractivity contribution in [3.05, 3.63) is 63.6 Å². The Balaban J connectivity index is 1.61. The lowest BCUT2D eigenvalue weighted by Crippen LogP contribution is -2.40. The van der Waals surface area contributed by atoms with Gasteiger partial charge < -0.3 is 5.32 Å². The maximum absolute atomic E-state index is 12.6. The summed E-state index contributed by atoms with van der Waals surface area (Å²) in [5.41, 5.74) is 3.05. The monoisotopic (exact) mass is 376 g/mol. The van der Waals surface area contributed by atoms with Gasteiger partial charge in [-0.1, -0.05) is 41.4 Å². The lowest BCUT2D eigenvalue weighted by molar-refractivity contribution is -0.121. The molecule has 1 amide bonds. The van der Waals surface area contributed by atoms with Gasteiger partial charge in [0, 0.05) is 28.8 Å². The summed E-state index contributed by atoms with van der Waals surface area (Å²) >= 11 is 12.2. The minimum atomic E-state index is 0.000313. The molecule has 0 aromatic heterocycles. The second kappa shape index (κ2) is 8.22. The van der Waals surface area contributed by atoms with Crippen molar-refractivity contribution in [2.45, 2.75) is 26.3 Å². The number of likely N-dealkylation sites (tertiary alicyclic amines) is 1. The molecule has 0 spiro atoms. The van der Waals surface area contributed by atoms with E-state index in [1.165, 1.54) is 0 Å². The van der Waals surface area contributed by atoms with E-state index in [9.17, 15) is 4.79 Å². The zero-order valence-electron chi connectivity index (χ0n) is 14.3. The Morgan fingerprint density at radius 1 is 1.24 bits per heavy atom. The molecule has 1 aliphatic heterocycles. The molecule has 0 bridgehead atoms. The Labute approximate surface area is 158 Å². The highest BCUT2D eigenvalue weighted by Crippen LogP contribution is 2.25. The second-order valence-corrected chi connectivity index (χ2v) is 7.51. The molecule has 3 nitrogen and oxygen atoms in total. The van der Waals surface area contributed by atoms with Crippen molar-refractivity contribution < 1.29 is 4.79 Å². The highest BCUT2D eigenvalue weighted by molar-refractivity contribution is 6.35. The van der Waals surface area contributed by atoms with Gasteiger partial charge in [-0.25, -0.2) is 0 Å². The fourth-order valence-corrected chi connectivity index (χ4v) is 3.74. The molecule has 1 fully saturated rings. The Morgan fingerprint density at radius 3 is 2.84 bits per heavy atom. The minimum absolute atomic E-state index is 0.000313. The predicted molar refractivity (Wildman–Crippen MR) is 104 cm³/mol. The van der Waals surface area contributed by atoms with Crippen LogP contribution in [0.3, 0.4) is 0 Å². The van der Waals surface area contributed by atoms with Gasteiger partial charge in [-0.2, -0.15) is 0 Å². The van der Waals surface area contributed by atoms with Crippen LogP contribution in [-0.4, -0.2) is 23.9 Å². The van der Waals surface area contributed by atoms with Crippen LogP contribution in [0.25, 0.3) is 0 Å². The number of rotatable bonds is 4. The third-order valence-electron chi connectivity index (χ3n) is 4.57. The van der Waals surface area contributed by atoms with Crippen molar-refractivity contribution in [1.82, 2.24) is 4.90 Å². The van der Waals surface area contributed by atoms with E-state index in [1.54, 1.807) is 6.07 Å². The van der Waals surface area contributed by atoms with Crippen molar-refractivity contribution in [3.8, 4) is 0 Å². The predicted octanol–water partition coefficient (Wildman–Crippen LogP) is 5.15. The lowest BCUT2D eigenvalue weighted by Gasteiger charge is -2.32. The first-order valence-electron chi connectivity index (χ1n) is 8.55. The number of hydrogen-bond donors (Lipinski definition) is 1. The quantitative estimate of drug-likeness (QED) is 0.799. The second-order valence-electron chi connectivity index (χ2n) is 6.67. The number of benzene rings is 2. The number of nitrogens with zero attached hydrogens (tertiary/aromatic N) is 1. The molecule has 132 valence electrons. The molecule has 1 heterocycles. The number of carbonyl (C=O) groups excluding carboxylic acids is 1. The van der Waals surface area contributed by atoms with Gasteiger partial charge in [0.1, 0.15) is 0 Å².